The van der Waals surface area contributed by atoms with Gasteiger partial charge in [-0.05, 0) is 46.5 Å². The lowest BCUT2D eigenvalue weighted by Crippen LogP contribution is -2.53. The molecule has 0 radical (unpaired) electrons. The van der Waals surface area contributed by atoms with Gasteiger partial charge in [-0.25, -0.2) is 4.79 Å². The van der Waals surface area contributed by atoms with Crippen molar-refractivity contribution in [1.29, 1.82) is 0 Å². The van der Waals surface area contributed by atoms with Crippen molar-refractivity contribution in [3.63, 3.8) is 0 Å². The molecular formula is C13H26N2O2. The Hall–Kier alpha value is -0.770. The number of nitrogens with zero attached hydrogens (tertiary/aromatic N) is 1. The topological polar surface area (TPSA) is 55.6 Å². The highest BCUT2D eigenvalue weighted by Crippen LogP contribution is 2.22. The van der Waals surface area contributed by atoms with E-state index in [4.69, 9.17) is 10.5 Å². The number of likely N-dealkylation sites (tertiary alicyclic amines) is 1. The second kappa shape index (κ2) is 5.71. The molecule has 4 nitrogen and oxygen atoms in total. The lowest BCUT2D eigenvalue weighted by Gasteiger charge is -2.39. The fourth-order valence-corrected chi connectivity index (χ4v) is 2.22. The predicted molar refractivity (Wildman–Crippen MR) is 68.8 cm³/mol. The smallest absolute Gasteiger partial charge is 0.410 e. The zero-order chi connectivity index (χ0) is 13.1. The first-order chi connectivity index (χ1) is 7.85. The van der Waals surface area contributed by atoms with Gasteiger partial charge in [0, 0.05) is 12.6 Å². The van der Waals surface area contributed by atoms with E-state index in [0.29, 0.717) is 0 Å². The minimum Gasteiger partial charge on any atom is -0.444 e. The van der Waals surface area contributed by atoms with Crippen LogP contribution in [0.4, 0.5) is 4.79 Å². The number of carbonyl (C=O) groups excluding carboxylic acids is 1. The number of piperidine rings is 1. The molecule has 1 amide bonds. The van der Waals surface area contributed by atoms with E-state index in [1.54, 1.807) is 0 Å². The third kappa shape index (κ3) is 4.19. The Morgan fingerprint density at radius 3 is 2.65 bits per heavy atom. The summed E-state index contributed by atoms with van der Waals surface area (Å²) in [6.45, 7) is 8.51. The van der Waals surface area contributed by atoms with E-state index in [1.807, 2.05) is 25.7 Å². The van der Waals surface area contributed by atoms with Crippen LogP contribution in [0.1, 0.15) is 53.4 Å². The average molecular weight is 242 g/mol. The molecule has 1 fully saturated rings. The monoisotopic (exact) mass is 242 g/mol. The summed E-state index contributed by atoms with van der Waals surface area (Å²) in [5, 5.41) is 0. The van der Waals surface area contributed by atoms with Crippen molar-refractivity contribution < 1.29 is 9.53 Å². The second-order valence-corrected chi connectivity index (χ2v) is 5.81. The second-order valence-electron chi connectivity index (χ2n) is 5.81. The number of nitrogens with two attached hydrogens (primary N) is 1. The molecule has 4 heteroatoms. The van der Waals surface area contributed by atoms with Gasteiger partial charge >= 0.3 is 6.09 Å². The Morgan fingerprint density at radius 1 is 1.47 bits per heavy atom. The highest BCUT2D eigenvalue weighted by Gasteiger charge is 2.33. The SMILES string of the molecule is CC[C@H](N)[C@@H]1CCCCN1C(=O)OC(C)(C)C. The summed E-state index contributed by atoms with van der Waals surface area (Å²) >= 11 is 0. The van der Waals surface area contributed by atoms with Crippen LogP contribution in [0.2, 0.25) is 0 Å². The maximum atomic E-state index is 12.1. The van der Waals surface area contributed by atoms with Crippen LogP contribution in [0, 0.1) is 0 Å². The van der Waals surface area contributed by atoms with E-state index in [2.05, 4.69) is 6.92 Å². The molecule has 1 heterocycles. The normalized spacial score (nSPS) is 23.4. The minimum absolute atomic E-state index is 0.0582. The van der Waals surface area contributed by atoms with E-state index >= 15 is 0 Å². The first kappa shape index (κ1) is 14.3. The van der Waals surface area contributed by atoms with Gasteiger partial charge in [0.15, 0.2) is 0 Å². The van der Waals surface area contributed by atoms with Gasteiger partial charge in [0.1, 0.15) is 5.60 Å². The number of ether oxygens (including phenoxy) is 1. The first-order valence-corrected chi connectivity index (χ1v) is 6.60. The van der Waals surface area contributed by atoms with Gasteiger partial charge in [-0.2, -0.15) is 0 Å². The van der Waals surface area contributed by atoms with Gasteiger partial charge in [-0.1, -0.05) is 6.92 Å². The van der Waals surface area contributed by atoms with Crippen LogP contribution >= 0.6 is 0 Å². The minimum atomic E-state index is -0.435. The summed E-state index contributed by atoms with van der Waals surface area (Å²) in [4.78, 5) is 13.9. The van der Waals surface area contributed by atoms with Crippen LogP contribution in [-0.4, -0.2) is 35.2 Å². The number of amides is 1. The number of rotatable bonds is 2. The van der Waals surface area contributed by atoms with Crippen LogP contribution in [0.3, 0.4) is 0 Å². The average Bonchev–Trinajstić information content (AvgIpc) is 2.25. The first-order valence-electron chi connectivity index (χ1n) is 6.60. The molecule has 1 aliphatic heterocycles. The molecule has 0 saturated carbocycles. The third-order valence-corrected chi connectivity index (χ3v) is 3.14. The molecule has 0 aliphatic carbocycles. The maximum Gasteiger partial charge on any atom is 0.410 e. The predicted octanol–water partition coefficient (Wildman–Crippen LogP) is 2.51. The molecule has 1 rings (SSSR count). The molecular weight excluding hydrogens is 216 g/mol. The van der Waals surface area contributed by atoms with Crippen molar-refractivity contribution in [1.82, 2.24) is 4.90 Å². The van der Waals surface area contributed by atoms with Crippen molar-refractivity contribution in [3.8, 4) is 0 Å². The van der Waals surface area contributed by atoms with Crippen LogP contribution in [0.15, 0.2) is 0 Å². The van der Waals surface area contributed by atoms with E-state index < -0.39 is 5.60 Å². The van der Waals surface area contributed by atoms with Gasteiger partial charge in [-0.15, -0.1) is 0 Å². The van der Waals surface area contributed by atoms with E-state index in [1.165, 1.54) is 0 Å². The van der Waals surface area contributed by atoms with Crippen molar-refractivity contribution in [2.45, 2.75) is 71.1 Å². The fraction of sp³-hybridized carbons (Fsp3) is 0.923. The molecule has 1 saturated heterocycles. The van der Waals surface area contributed by atoms with Crippen LogP contribution in [0.5, 0.6) is 0 Å². The molecule has 2 atom stereocenters. The van der Waals surface area contributed by atoms with Gasteiger partial charge in [0.25, 0.3) is 0 Å². The van der Waals surface area contributed by atoms with Crippen molar-refractivity contribution in [3.05, 3.63) is 0 Å². The summed E-state index contributed by atoms with van der Waals surface area (Å²) in [7, 11) is 0. The van der Waals surface area contributed by atoms with Crippen molar-refractivity contribution >= 4 is 6.09 Å². The molecule has 0 bridgehead atoms. The Balaban J connectivity index is 2.67. The summed E-state index contributed by atoms with van der Waals surface area (Å²) in [6, 6.07) is 0.200. The van der Waals surface area contributed by atoms with Gasteiger partial charge < -0.3 is 15.4 Å². The molecule has 100 valence electrons. The molecule has 0 aromatic rings. The third-order valence-electron chi connectivity index (χ3n) is 3.14. The molecule has 1 aliphatic rings. The number of hydrogen-bond donors (Lipinski definition) is 1. The van der Waals surface area contributed by atoms with Crippen molar-refractivity contribution in [2.75, 3.05) is 6.54 Å². The zero-order valence-electron chi connectivity index (χ0n) is 11.5. The lowest BCUT2D eigenvalue weighted by molar-refractivity contribution is 0.00643. The van der Waals surface area contributed by atoms with E-state index in [-0.39, 0.29) is 18.2 Å². The Bertz CT molecular complexity index is 261. The van der Waals surface area contributed by atoms with Crippen molar-refractivity contribution in [2.24, 2.45) is 5.73 Å². The molecule has 0 unspecified atom stereocenters. The Kier molecular flexibility index (Phi) is 4.80. The molecule has 2 N–H and O–H groups in total. The van der Waals surface area contributed by atoms with Gasteiger partial charge in [0.05, 0.1) is 6.04 Å². The molecule has 0 aromatic carbocycles. The molecule has 0 spiro atoms. The van der Waals surface area contributed by atoms with Gasteiger partial charge in [0.2, 0.25) is 0 Å². The Labute approximate surface area is 104 Å². The number of hydrogen-bond acceptors (Lipinski definition) is 3. The lowest BCUT2D eigenvalue weighted by atomic mass is 9.95. The fourth-order valence-electron chi connectivity index (χ4n) is 2.22. The Morgan fingerprint density at radius 2 is 2.12 bits per heavy atom. The van der Waals surface area contributed by atoms with Gasteiger partial charge in [-0.3, -0.25) is 0 Å². The largest absolute Gasteiger partial charge is 0.444 e. The summed E-state index contributed by atoms with van der Waals surface area (Å²) in [5.41, 5.74) is 5.66. The van der Waals surface area contributed by atoms with Crippen LogP contribution < -0.4 is 5.73 Å². The van der Waals surface area contributed by atoms with Crippen LogP contribution in [-0.2, 0) is 4.74 Å². The molecule has 17 heavy (non-hydrogen) atoms. The van der Waals surface area contributed by atoms with E-state index in [9.17, 15) is 4.79 Å². The zero-order valence-corrected chi connectivity index (χ0v) is 11.5. The highest BCUT2D eigenvalue weighted by molar-refractivity contribution is 5.68. The maximum absolute atomic E-state index is 12.1. The summed E-state index contributed by atoms with van der Waals surface area (Å²) < 4.78 is 5.43. The summed E-state index contributed by atoms with van der Waals surface area (Å²) in [6.07, 6.45) is 3.87. The standard InChI is InChI=1S/C13H26N2O2/c1-5-10(14)11-8-6-7-9-15(11)12(16)17-13(2,3)4/h10-11H,5-9,14H2,1-4H3/t10-,11-/m0/s1. The quantitative estimate of drug-likeness (QED) is 0.809. The van der Waals surface area contributed by atoms with Crippen LogP contribution in [0.25, 0.3) is 0 Å². The van der Waals surface area contributed by atoms with E-state index in [0.717, 1.165) is 32.2 Å². The number of carbonyl (C=O) groups is 1. The molecule has 0 aromatic heterocycles. The summed E-state index contributed by atoms with van der Waals surface area (Å²) in [5.74, 6) is 0. The highest BCUT2D eigenvalue weighted by atomic mass is 16.6.